The van der Waals surface area contributed by atoms with Gasteiger partial charge in [0.1, 0.15) is 5.60 Å². The topological polar surface area (TPSA) is 110 Å². The molecule has 1 rings (SSSR count). The molecule has 1 aromatic rings. The molecule has 1 aromatic carbocycles. The third kappa shape index (κ3) is 8.91. The standard InChI is InChI=1S/C17H23BrN2O6/c1-17(2,3)26-16(23)11-19(10-15(21)22)9-13(18)8-12-4-6-14(7-5-12)20(24)25/h4-7,13H,8-11H2,1-3H3,(H,21,22). The third-order valence-electron chi connectivity index (χ3n) is 3.19. The number of alkyl halides is 1. The van der Waals surface area contributed by atoms with Gasteiger partial charge in [0, 0.05) is 23.5 Å². The summed E-state index contributed by atoms with van der Waals surface area (Å²) in [6, 6.07) is 6.15. The zero-order valence-corrected chi connectivity index (χ0v) is 16.6. The predicted octanol–water partition coefficient (Wildman–Crippen LogP) is 2.63. The molecule has 0 radical (unpaired) electrons. The first-order valence-corrected chi connectivity index (χ1v) is 8.91. The smallest absolute Gasteiger partial charge is 0.320 e. The Bertz CT molecular complexity index is 642. The number of carbonyl (C=O) groups excluding carboxylic acids is 1. The molecule has 0 bridgehead atoms. The van der Waals surface area contributed by atoms with Crippen molar-refractivity contribution in [3.63, 3.8) is 0 Å². The average Bonchev–Trinajstić information content (AvgIpc) is 2.44. The number of aliphatic carboxylic acids is 1. The highest BCUT2D eigenvalue weighted by Crippen LogP contribution is 2.16. The van der Waals surface area contributed by atoms with E-state index in [1.165, 1.54) is 17.0 Å². The van der Waals surface area contributed by atoms with Crippen molar-refractivity contribution in [1.82, 2.24) is 4.90 Å². The van der Waals surface area contributed by atoms with Gasteiger partial charge in [-0.2, -0.15) is 0 Å². The van der Waals surface area contributed by atoms with Gasteiger partial charge in [-0.25, -0.2) is 0 Å². The number of non-ortho nitro benzene ring substituents is 1. The van der Waals surface area contributed by atoms with Crippen LogP contribution in [-0.4, -0.2) is 56.9 Å². The molecule has 0 aliphatic heterocycles. The molecule has 1 unspecified atom stereocenters. The van der Waals surface area contributed by atoms with Gasteiger partial charge < -0.3 is 9.84 Å². The molecule has 0 amide bonds. The van der Waals surface area contributed by atoms with Crippen LogP contribution in [0.15, 0.2) is 24.3 Å². The minimum atomic E-state index is -1.04. The van der Waals surface area contributed by atoms with Crippen LogP contribution >= 0.6 is 15.9 Å². The van der Waals surface area contributed by atoms with E-state index in [-0.39, 0.29) is 23.6 Å². The molecule has 0 spiro atoms. The summed E-state index contributed by atoms with van der Waals surface area (Å²) in [6.45, 7) is 5.12. The second-order valence-electron chi connectivity index (χ2n) is 6.87. The lowest BCUT2D eigenvalue weighted by Crippen LogP contribution is -2.41. The largest absolute Gasteiger partial charge is 0.480 e. The van der Waals surface area contributed by atoms with Gasteiger partial charge in [-0.05, 0) is 32.8 Å². The number of nitrogens with zero attached hydrogens (tertiary/aromatic N) is 2. The molecule has 0 saturated heterocycles. The molecule has 1 N–H and O–H groups in total. The van der Waals surface area contributed by atoms with Crippen LogP contribution in [0.25, 0.3) is 0 Å². The fourth-order valence-corrected chi connectivity index (χ4v) is 3.07. The Labute approximate surface area is 160 Å². The second kappa shape index (κ2) is 9.63. The maximum atomic E-state index is 12.0. The molecule has 0 aromatic heterocycles. The zero-order valence-electron chi connectivity index (χ0n) is 15.0. The van der Waals surface area contributed by atoms with Crippen LogP contribution in [0.1, 0.15) is 26.3 Å². The SMILES string of the molecule is CC(C)(C)OC(=O)CN(CC(=O)O)CC(Br)Cc1ccc([N+](=O)[O-])cc1. The second-order valence-corrected chi connectivity index (χ2v) is 8.17. The average molecular weight is 431 g/mol. The van der Waals surface area contributed by atoms with Gasteiger partial charge in [0.15, 0.2) is 0 Å². The number of benzene rings is 1. The molecule has 0 saturated carbocycles. The summed E-state index contributed by atoms with van der Waals surface area (Å²) in [7, 11) is 0. The van der Waals surface area contributed by atoms with Gasteiger partial charge >= 0.3 is 11.9 Å². The summed E-state index contributed by atoms with van der Waals surface area (Å²) < 4.78 is 5.23. The van der Waals surface area contributed by atoms with E-state index in [2.05, 4.69) is 15.9 Å². The minimum absolute atomic E-state index is 0.0114. The number of hydrogen-bond acceptors (Lipinski definition) is 6. The molecule has 144 valence electrons. The van der Waals surface area contributed by atoms with Crippen molar-refractivity contribution in [1.29, 1.82) is 0 Å². The van der Waals surface area contributed by atoms with Gasteiger partial charge in [-0.1, -0.05) is 28.1 Å². The fraction of sp³-hybridized carbons (Fsp3) is 0.529. The Kier molecular flexibility index (Phi) is 8.16. The van der Waals surface area contributed by atoms with Gasteiger partial charge in [0.05, 0.1) is 18.0 Å². The Morgan fingerprint density at radius 1 is 1.27 bits per heavy atom. The predicted molar refractivity (Wildman–Crippen MR) is 99.4 cm³/mol. The molecular formula is C17H23BrN2O6. The highest BCUT2D eigenvalue weighted by Gasteiger charge is 2.22. The maximum Gasteiger partial charge on any atom is 0.320 e. The van der Waals surface area contributed by atoms with E-state index in [0.29, 0.717) is 13.0 Å². The number of nitro groups is 1. The van der Waals surface area contributed by atoms with Crippen LogP contribution in [0.3, 0.4) is 0 Å². The van der Waals surface area contributed by atoms with E-state index in [1.54, 1.807) is 32.9 Å². The molecule has 0 heterocycles. The quantitative estimate of drug-likeness (QED) is 0.277. The molecule has 26 heavy (non-hydrogen) atoms. The van der Waals surface area contributed by atoms with Crippen molar-refractivity contribution < 1.29 is 24.4 Å². The number of ether oxygens (including phenoxy) is 1. The number of halogens is 1. The van der Waals surface area contributed by atoms with Crippen LogP contribution < -0.4 is 0 Å². The van der Waals surface area contributed by atoms with Crippen LogP contribution in [0.5, 0.6) is 0 Å². The van der Waals surface area contributed by atoms with Gasteiger partial charge in [0.25, 0.3) is 5.69 Å². The van der Waals surface area contributed by atoms with Gasteiger partial charge in [-0.15, -0.1) is 0 Å². The summed E-state index contributed by atoms with van der Waals surface area (Å²) in [5, 5.41) is 19.7. The number of rotatable bonds is 9. The Morgan fingerprint density at radius 3 is 2.31 bits per heavy atom. The summed E-state index contributed by atoms with van der Waals surface area (Å²) in [5.74, 6) is -1.53. The van der Waals surface area contributed by atoms with Crippen molar-refractivity contribution in [2.24, 2.45) is 0 Å². The number of carboxylic acid groups (broad SMARTS) is 1. The monoisotopic (exact) mass is 430 g/mol. The molecule has 0 fully saturated rings. The number of hydrogen-bond donors (Lipinski definition) is 1. The minimum Gasteiger partial charge on any atom is -0.480 e. The van der Waals surface area contributed by atoms with Gasteiger partial charge in [0.2, 0.25) is 0 Å². The lowest BCUT2D eigenvalue weighted by molar-refractivity contribution is -0.384. The number of nitro benzene ring substituents is 1. The van der Waals surface area contributed by atoms with Crippen molar-refractivity contribution in [3.05, 3.63) is 39.9 Å². The van der Waals surface area contributed by atoms with E-state index >= 15 is 0 Å². The first kappa shape index (κ1) is 22.0. The van der Waals surface area contributed by atoms with Crippen LogP contribution in [0.4, 0.5) is 5.69 Å². The molecule has 9 heteroatoms. The highest BCUT2D eigenvalue weighted by atomic mass is 79.9. The molecule has 0 aliphatic carbocycles. The zero-order chi connectivity index (χ0) is 19.9. The molecule has 1 atom stereocenters. The van der Waals surface area contributed by atoms with Crippen molar-refractivity contribution in [3.8, 4) is 0 Å². The van der Waals surface area contributed by atoms with Crippen molar-refractivity contribution >= 4 is 33.6 Å². The Morgan fingerprint density at radius 2 is 1.85 bits per heavy atom. The Balaban J connectivity index is 2.66. The first-order valence-electron chi connectivity index (χ1n) is 7.99. The van der Waals surface area contributed by atoms with Crippen LogP contribution in [0, 0.1) is 10.1 Å². The normalized spacial score (nSPS) is 12.7. The number of carbonyl (C=O) groups is 2. The summed E-state index contributed by atoms with van der Waals surface area (Å²) in [4.78, 5) is 34.6. The lowest BCUT2D eigenvalue weighted by Gasteiger charge is -2.25. The van der Waals surface area contributed by atoms with Crippen LogP contribution in [0.2, 0.25) is 0 Å². The van der Waals surface area contributed by atoms with Crippen molar-refractivity contribution in [2.75, 3.05) is 19.6 Å². The third-order valence-corrected chi connectivity index (χ3v) is 3.81. The maximum absolute atomic E-state index is 12.0. The highest BCUT2D eigenvalue weighted by molar-refractivity contribution is 9.09. The van der Waals surface area contributed by atoms with E-state index in [4.69, 9.17) is 9.84 Å². The Hall–Kier alpha value is -2.00. The summed E-state index contributed by atoms with van der Waals surface area (Å²) in [6.07, 6.45) is 0.530. The van der Waals surface area contributed by atoms with E-state index in [0.717, 1.165) is 5.56 Å². The van der Waals surface area contributed by atoms with E-state index < -0.39 is 22.5 Å². The number of carboxylic acids is 1. The lowest BCUT2D eigenvalue weighted by atomic mass is 10.1. The number of esters is 1. The van der Waals surface area contributed by atoms with Gasteiger partial charge in [-0.3, -0.25) is 24.6 Å². The molecule has 8 nitrogen and oxygen atoms in total. The summed E-state index contributed by atoms with van der Waals surface area (Å²) in [5.41, 5.74) is 0.237. The first-order chi connectivity index (χ1) is 12.0. The van der Waals surface area contributed by atoms with E-state index in [1.807, 2.05) is 0 Å². The molecule has 0 aliphatic rings. The summed E-state index contributed by atoms with van der Waals surface area (Å²) >= 11 is 3.48. The van der Waals surface area contributed by atoms with Crippen molar-refractivity contribution in [2.45, 2.75) is 37.6 Å². The molecular weight excluding hydrogens is 408 g/mol. The van der Waals surface area contributed by atoms with Crippen LogP contribution in [-0.2, 0) is 20.7 Å². The van der Waals surface area contributed by atoms with E-state index in [9.17, 15) is 19.7 Å². The fourth-order valence-electron chi connectivity index (χ4n) is 2.29.